The summed E-state index contributed by atoms with van der Waals surface area (Å²) in [5.41, 5.74) is -0.211. The summed E-state index contributed by atoms with van der Waals surface area (Å²) < 4.78 is 34.9. The minimum atomic E-state index is -1.20. The zero-order valence-corrected chi connectivity index (χ0v) is 25.6. The number of nitrogens with zero attached hydrogens (tertiary/aromatic N) is 2. The smallest absolute Gasteiger partial charge is 0.217 e. The van der Waals surface area contributed by atoms with Gasteiger partial charge in [0.2, 0.25) is 11.5 Å². The maximum atomic E-state index is 15.9. The van der Waals surface area contributed by atoms with E-state index in [2.05, 4.69) is 31.9 Å². The van der Waals surface area contributed by atoms with Crippen molar-refractivity contribution < 1.29 is 18.6 Å². The third-order valence-electron chi connectivity index (χ3n) is 5.09. The van der Waals surface area contributed by atoms with Crippen LogP contribution in [0.3, 0.4) is 0 Å². The molecule has 0 spiro atoms. The van der Waals surface area contributed by atoms with E-state index in [9.17, 15) is 10.5 Å². The second-order valence-electron chi connectivity index (χ2n) is 7.79. The predicted molar refractivity (Wildman–Crippen MR) is 156 cm³/mol. The third-order valence-corrected chi connectivity index (χ3v) is 7.36. The van der Waals surface area contributed by atoms with Gasteiger partial charge in [-0.3, -0.25) is 0 Å². The first-order valence-electron chi connectivity index (χ1n) is 10.6. The van der Waals surface area contributed by atoms with Crippen LogP contribution in [0, 0.1) is 35.4 Å². The first-order valence-corrected chi connectivity index (χ1v) is 13.7. The molecule has 0 radical (unpaired) electrons. The van der Waals surface area contributed by atoms with Crippen LogP contribution in [0.5, 0.6) is 34.5 Å². The lowest BCUT2D eigenvalue weighted by Gasteiger charge is -2.21. The minimum absolute atomic E-state index is 0.00825. The Labute approximate surface area is 259 Å². The molecule has 4 aromatic carbocycles. The van der Waals surface area contributed by atoms with Crippen LogP contribution in [0.15, 0.2) is 57.5 Å². The molecule has 0 saturated carbocycles. The van der Waals surface area contributed by atoms with Gasteiger partial charge in [-0.05, 0) is 80.7 Å². The average Bonchev–Trinajstić information content (AvgIpc) is 2.88. The van der Waals surface area contributed by atoms with E-state index < -0.39 is 28.4 Å². The molecule has 196 valence electrons. The fourth-order valence-electron chi connectivity index (χ4n) is 3.36. The van der Waals surface area contributed by atoms with Crippen LogP contribution in [-0.4, -0.2) is 0 Å². The van der Waals surface area contributed by atoms with Crippen molar-refractivity contribution in [3.63, 3.8) is 0 Å². The topological polar surface area (TPSA) is 75.3 Å². The molecule has 39 heavy (non-hydrogen) atoms. The maximum absolute atomic E-state index is 15.9. The molecule has 0 aromatic heterocycles. The number of hydrogen-bond donors (Lipinski definition) is 0. The van der Waals surface area contributed by atoms with Gasteiger partial charge < -0.3 is 14.2 Å². The van der Waals surface area contributed by atoms with Crippen molar-refractivity contribution in [1.82, 2.24) is 0 Å². The Hall–Kier alpha value is -2.69. The van der Waals surface area contributed by atoms with Crippen molar-refractivity contribution in [2.45, 2.75) is 6.92 Å². The van der Waals surface area contributed by atoms with Crippen LogP contribution in [0.1, 0.15) is 16.7 Å². The number of aryl methyl sites for hydroxylation is 1. The summed E-state index contributed by atoms with van der Waals surface area (Å²) in [6, 6.07) is 15.7. The summed E-state index contributed by atoms with van der Waals surface area (Å²) in [7, 11) is 0. The molecule has 0 atom stereocenters. The normalized spacial score (nSPS) is 10.5. The molecule has 0 unspecified atom stereocenters. The molecule has 0 heterocycles. The molecule has 4 rings (SSSR count). The lowest BCUT2D eigenvalue weighted by Crippen LogP contribution is -2.04. The van der Waals surface area contributed by atoms with Gasteiger partial charge in [-0.15, -0.1) is 0 Å². The van der Waals surface area contributed by atoms with E-state index in [0.29, 0.717) is 8.95 Å². The van der Waals surface area contributed by atoms with Gasteiger partial charge in [0, 0.05) is 22.2 Å². The molecule has 0 amide bonds. The largest absolute Gasteiger partial charge is 0.449 e. The summed E-state index contributed by atoms with van der Waals surface area (Å²) >= 11 is 31.7. The van der Waals surface area contributed by atoms with Crippen molar-refractivity contribution in [2.24, 2.45) is 0 Å². The molecule has 4 aromatic rings. The number of ether oxygens (including phenoxy) is 3. The van der Waals surface area contributed by atoms with Gasteiger partial charge in [-0.1, -0.05) is 46.4 Å². The zero-order valence-electron chi connectivity index (χ0n) is 19.4. The molecule has 0 N–H and O–H groups in total. The highest BCUT2D eigenvalue weighted by atomic mass is 79.9. The van der Waals surface area contributed by atoms with Crippen LogP contribution in [0.2, 0.25) is 20.1 Å². The van der Waals surface area contributed by atoms with Gasteiger partial charge in [0.05, 0.1) is 19.0 Å². The first kappa shape index (κ1) is 29.3. The molecule has 0 saturated heterocycles. The van der Waals surface area contributed by atoms with Crippen LogP contribution >= 0.6 is 78.3 Å². The number of rotatable bonds is 6. The Morgan fingerprint density at radius 3 is 1.64 bits per heavy atom. The van der Waals surface area contributed by atoms with E-state index >= 15 is 4.39 Å². The lowest BCUT2D eigenvalue weighted by atomic mass is 10.1. The summed E-state index contributed by atoms with van der Waals surface area (Å²) in [6.45, 7) is 1.86. The number of hydrogen-bond acceptors (Lipinski definition) is 5. The highest BCUT2D eigenvalue weighted by Crippen LogP contribution is 2.52. The van der Waals surface area contributed by atoms with Crippen LogP contribution in [0.25, 0.3) is 0 Å². The van der Waals surface area contributed by atoms with Gasteiger partial charge in [0.25, 0.3) is 0 Å². The molecule has 0 fully saturated rings. The van der Waals surface area contributed by atoms with Gasteiger partial charge in [-0.2, -0.15) is 10.5 Å². The monoisotopic (exact) mass is 728 g/mol. The van der Waals surface area contributed by atoms with E-state index in [0.717, 1.165) is 5.56 Å². The fourth-order valence-corrected chi connectivity index (χ4v) is 5.58. The Balaban J connectivity index is 2.07. The predicted octanol–water partition coefficient (Wildman–Crippen LogP) is 11.4. The third kappa shape index (κ3) is 6.23. The molecule has 0 aliphatic carbocycles. The highest BCUT2D eigenvalue weighted by Gasteiger charge is 2.31. The number of nitriles is 2. The SMILES string of the molecule is Cc1cc(Br)c(Oc2c(C#N)c(C#N)c(F)c(Oc3cc(Cl)ccc3Cl)c2Oc2cc(Cl)ccc2Cl)c(Br)c1. The molecule has 0 aliphatic heterocycles. The van der Waals surface area contributed by atoms with Gasteiger partial charge >= 0.3 is 0 Å². The Bertz CT molecular complexity index is 1700. The molecule has 5 nitrogen and oxygen atoms in total. The number of halogens is 7. The van der Waals surface area contributed by atoms with Crippen LogP contribution < -0.4 is 14.2 Å². The summed E-state index contributed by atoms with van der Waals surface area (Å²) in [5.74, 6) is -2.41. The zero-order chi connectivity index (χ0) is 28.4. The molecule has 12 heteroatoms. The van der Waals surface area contributed by atoms with Crippen molar-refractivity contribution in [3.05, 3.63) is 100 Å². The summed E-state index contributed by atoms with van der Waals surface area (Å²) in [6.07, 6.45) is 0. The van der Waals surface area contributed by atoms with E-state index in [1.54, 1.807) is 18.2 Å². The van der Waals surface area contributed by atoms with Gasteiger partial charge in [0.15, 0.2) is 17.3 Å². The van der Waals surface area contributed by atoms with E-state index in [-0.39, 0.29) is 43.1 Å². The molecular formula is C27H11Br2Cl4FN2O3. The lowest BCUT2D eigenvalue weighted by molar-refractivity contribution is 0.368. The second kappa shape index (κ2) is 12.2. The summed E-state index contributed by atoms with van der Waals surface area (Å²) in [5, 5.41) is 20.5. The van der Waals surface area contributed by atoms with Crippen molar-refractivity contribution in [3.8, 4) is 46.6 Å². The maximum Gasteiger partial charge on any atom is 0.217 e. The van der Waals surface area contributed by atoms with Gasteiger partial charge in [0.1, 0.15) is 34.8 Å². The number of benzene rings is 4. The van der Waals surface area contributed by atoms with Crippen molar-refractivity contribution in [1.29, 1.82) is 10.5 Å². The van der Waals surface area contributed by atoms with Crippen LogP contribution in [0.4, 0.5) is 4.39 Å². The van der Waals surface area contributed by atoms with Crippen LogP contribution in [-0.2, 0) is 0 Å². The summed E-state index contributed by atoms with van der Waals surface area (Å²) in [4.78, 5) is 0. The molecule has 0 aliphatic rings. The minimum Gasteiger partial charge on any atom is -0.449 e. The average molecular weight is 732 g/mol. The Kier molecular flexibility index (Phi) is 9.18. The van der Waals surface area contributed by atoms with E-state index in [1.165, 1.54) is 36.4 Å². The standard InChI is InChI=1S/C27H11Br2Cl4FN2O3/c1-12-6-17(28)25(18(29)7-12)39-24-16(11-36)15(10-35)23(34)26(37-21-8-13(30)2-4-19(21)32)27(24)38-22-9-14(31)3-5-20(22)33/h2-9H,1H3. The van der Waals surface area contributed by atoms with Crippen molar-refractivity contribution >= 4 is 78.3 Å². The fraction of sp³-hybridized carbons (Fsp3) is 0.0370. The second-order valence-corrected chi connectivity index (χ2v) is 11.2. The molecular weight excluding hydrogens is 721 g/mol. The molecule has 0 bridgehead atoms. The first-order chi connectivity index (χ1) is 18.5. The highest BCUT2D eigenvalue weighted by molar-refractivity contribution is 9.11. The Morgan fingerprint density at radius 1 is 0.667 bits per heavy atom. The Morgan fingerprint density at radius 2 is 1.15 bits per heavy atom. The quantitative estimate of drug-likeness (QED) is 0.197. The van der Waals surface area contributed by atoms with Crippen molar-refractivity contribution in [2.75, 3.05) is 0 Å². The van der Waals surface area contributed by atoms with Gasteiger partial charge in [-0.25, -0.2) is 4.39 Å². The van der Waals surface area contributed by atoms with E-state index in [1.807, 2.05) is 13.0 Å². The van der Waals surface area contributed by atoms with E-state index in [4.69, 9.17) is 60.6 Å².